The Hall–Kier alpha value is -7.22. The summed E-state index contributed by atoms with van der Waals surface area (Å²) in [6.07, 6.45) is 15.8. The van der Waals surface area contributed by atoms with Gasteiger partial charge in [0, 0.05) is 17.1 Å². The third-order valence-electron chi connectivity index (χ3n) is 12.6. The first-order chi connectivity index (χ1) is 29.7. The van der Waals surface area contributed by atoms with Gasteiger partial charge in [-0.15, -0.1) is 0 Å². The van der Waals surface area contributed by atoms with Crippen LogP contribution in [0.15, 0.2) is 200 Å². The van der Waals surface area contributed by atoms with Crippen LogP contribution in [-0.4, -0.2) is 0 Å². The lowest BCUT2D eigenvalue weighted by molar-refractivity contribution is 0.984. The van der Waals surface area contributed by atoms with E-state index in [9.17, 15) is 0 Å². The molecule has 2 aliphatic rings. The zero-order valence-corrected chi connectivity index (χ0v) is 33.9. The van der Waals surface area contributed by atoms with E-state index < -0.39 is 0 Å². The average Bonchev–Trinajstić information content (AvgIpc) is 3.32. The lowest BCUT2D eigenvalue weighted by Gasteiger charge is -2.27. The van der Waals surface area contributed by atoms with Crippen molar-refractivity contribution >= 4 is 61.0 Å². The van der Waals surface area contributed by atoms with E-state index in [1.807, 2.05) is 0 Å². The summed E-state index contributed by atoms with van der Waals surface area (Å²) in [7, 11) is 0. The molecule has 0 heterocycles. The van der Waals surface area contributed by atoms with Crippen LogP contribution >= 0.6 is 0 Å². The standard InChI is InChI=1S/C59H45N/c1-40-25-29-49(30-26-40)60(50-31-27-41-15-11-12-22-45(41)35-50)51-32-34-53-52-33-28-48(55-37-47-24-14-13-23-46(47)36-54(55)42-16-5-2-6-17-42)38-56(52)58(43-18-7-3-8-19-43)59(57(53)39-51)44-20-9-4-10-21-44/h2-5,7-13,15-16,18-23,25-39H,6,14,17,24H2,1H3. The van der Waals surface area contributed by atoms with Gasteiger partial charge in [0.05, 0.1) is 0 Å². The monoisotopic (exact) mass is 767 g/mol. The third-order valence-corrected chi connectivity index (χ3v) is 12.6. The minimum absolute atomic E-state index is 1.05. The fourth-order valence-electron chi connectivity index (χ4n) is 9.62. The largest absolute Gasteiger partial charge is 0.310 e. The molecule has 1 heteroatoms. The molecule has 0 radical (unpaired) electrons. The lowest BCUT2D eigenvalue weighted by atomic mass is 9.82. The van der Waals surface area contributed by atoms with Crippen molar-refractivity contribution < 1.29 is 0 Å². The number of rotatable bonds is 7. The Morgan fingerprint density at radius 2 is 1.07 bits per heavy atom. The molecular weight excluding hydrogens is 723 g/mol. The Kier molecular flexibility index (Phi) is 9.09. The Morgan fingerprint density at radius 1 is 0.433 bits per heavy atom. The molecule has 9 aromatic rings. The van der Waals surface area contributed by atoms with Gasteiger partial charge in [0.25, 0.3) is 0 Å². The van der Waals surface area contributed by atoms with Crippen LogP contribution < -0.4 is 4.90 Å². The van der Waals surface area contributed by atoms with Gasteiger partial charge in [0.1, 0.15) is 0 Å². The van der Waals surface area contributed by atoms with E-state index in [4.69, 9.17) is 0 Å². The van der Waals surface area contributed by atoms with Gasteiger partial charge in [-0.25, -0.2) is 0 Å². The summed E-state index contributed by atoms with van der Waals surface area (Å²) in [5.41, 5.74) is 17.7. The van der Waals surface area contributed by atoms with Crippen molar-refractivity contribution in [3.05, 3.63) is 222 Å². The molecule has 9 aromatic carbocycles. The zero-order chi connectivity index (χ0) is 40.0. The molecule has 0 unspecified atom stereocenters. The normalized spacial score (nSPS) is 13.4. The van der Waals surface area contributed by atoms with Crippen LogP contribution in [0.4, 0.5) is 17.1 Å². The molecule has 0 aromatic heterocycles. The summed E-state index contributed by atoms with van der Waals surface area (Å²) in [6.45, 7) is 2.16. The quantitative estimate of drug-likeness (QED) is 0.146. The summed E-state index contributed by atoms with van der Waals surface area (Å²) in [5, 5.41) is 7.46. The van der Waals surface area contributed by atoms with Gasteiger partial charge >= 0.3 is 0 Å². The van der Waals surface area contributed by atoms with E-state index in [1.54, 1.807) is 0 Å². The first-order valence-corrected chi connectivity index (χ1v) is 21.4. The Morgan fingerprint density at radius 3 is 1.80 bits per heavy atom. The van der Waals surface area contributed by atoms with Crippen LogP contribution in [0, 0.1) is 6.92 Å². The summed E-state index contributed by atoms with van der Waals surface area (Å²) in [4.78, 5) is 2.41. The van der Waals surface area contributed by atoms with Gasteiger partial charge in [-0.2, -0.15) is 0 Å². The van der Waals surface area contributed by atoms with E-state index in [0.717, 1.165) is 42.7 Å². The summed E-state index contributed by atoms with van der Waals surface area (Å²) >= 11 is 0. The average molecular weight is 768 g/mol. The second kappa shape index (κ2) is 15.2. The molecule has 0 atom stereocenters. The predicted octanol–water partition coefficient (Wildman–Crippen LogP) is 16.6. The minimum Gasteiger partial charge on any atom is -0.310 e. The second-order valence-electron chi connectivity index (χ2n) is 16.4. The van der Waals surface area contributed by atoms with Gasteiger partial charge in [-0.05, 0) is 175 Å². The van der Waals surface area contributed by atoms with Crippen LogP contribution in [-0.2, 0) is 6.42 Å². The number of hydrogen-bond donors (Lipinski definition) is 0. The lowest BCUT2D eigenvalue weighted by Crippen LogP contribution is -2.10. The van der Waals surface area contributed by atoms with E-state index >= 15 is 0 Å². The molecule has 11 rings (SSSR count). The number of anilines is 3. The zero-order valence-electron chi connectivity index (χ0n) is 33.9. The SMILES string of the molecule is Cc1ccc(N(c2ccc3ccccc3c2)c2ccc3c(c2)c(-c2ccccc2)c(-c2ccccc2)c2cc(-c4cc5c(cc4C4=CC=CCC4)C=CCC5)ccc23)cc1. The first-order valence-electron chi connectivity index (χ1n) is 21.4. The third kappa shape index (κ3) is 6.44. The van der Waals surface area contributed by atoms with Crippen LogP contribution in [0.3, 0.4) is 0 Å². The Labute approximate surface area is 352 Å². The maximum absolute atomic E-state index is 2.49. The summed E-state index contributed by atoms with van der Waals surface area (Å²) in [6, 6.07) is 65.8. The van der Waals surface area contributed by atoms with Crippen molar-refractivity contribution in [3.8, 4) is 33.4 Å². The van der Waals surface area contributed by atoms with Crippen LogP contribution in [0.25, 0.3) is 77.3 Å². The molecule has 0 fully saturated rings. The van der Waals surface area contributed by atoms with Crippen LogP contribution in [0.2, 0.25) is 0 Å². The topological polar surface area (TPSA) is 3.24 Å². The van der Waals surface area contributed by atoms with Crippen molar-refractivity contribution in [2.75, 3.05) is 4.90 Å². The predicted molar refractivity (Wildman–Crippen MR) is 258 cm³/mol. The van der Waals surface area contributed by atoms with E-state index in [2.05, 4.69) is 218 Å². The maximum Gasteiger partial charge on any atom is 0.0468 e. The number of allylic oxidation sites excluding steroid dienone is 5. The van der Waals surface area contributed by atoms with Gasteiger partial charge in [-0.3, -0.25) is 0 Å². The Balaban J connectivity index is 1.20. The second-order valence-corrected chi connectivity index (χ2v) is 16.4. The number of benzene rings is 9. The number of fused-ring (bicyclic) bond motifs is 5. The minimum atomic E-state index is 1.05. The highest BCUT2D eigenvalue weighted by Gasteiger charge is 2.22. The van der Waals surface area contributed by atoms with E-state index in [-0.39, 0.29) is 0 Å². The van der Waals surface area contributed by atoms with E-state index in [1.165, 1.54) is 93.5 Å². The highest BCUT2D eigenvalue weighted by atomic mass is 15.1. The van der Waals surface area contributed by atoms with Gasteiger partial charge < -0.3 is 4.90 Å². The molecule has 60 heavy (non-hydrogen) atoms. The van der Waals surface area contributed by atoms with Gasteiger partial charge in [-0.1, -0.05) is 157 Å². The van der Waals surface area contributed by atoms with Crippen molar-refractivity contribution in [1.82, 2.24) is 0 Å². The number of aryl methyl sites for hydroxylation is 2. The molecule has 0 amide bonds. The fraction of sp³-hybridized carbons (Fsp3) is 0.0847. The molecule has 0 aliphatic heterocycles. The molecule has 0 spiro atoms. The van der Waals surface area contributed by atoms with Crippen LogP contribution in [0.1, 0.15) is 41.5 Å². The van der Waals surface area contributed by atoms with Crippen LogP contribution in [0.5, 0.6) is 0 Å². The fourth-order valence-corrected chi connectivity index (χ4v) is 9.62. The number of hydrogen-bond acceptors (Lipinski definition) is 1. The smallest absolute Gasteiger partial charge is 0.0468 e. The number of nitrogens with zero attached hydrogens (tertiary/aromatic N) is 1. The van der Waals surface area contributed by atoms with Gasteiger partial charge in [0.2, 0.25) is 0 Å². The Bertz CT molecular complexity index is 3180. The highest BCUT2D eigenvalue weighted by Crippen LogP contribution is 2.48. The maximum atomic E-state index is 2.49. The molecule has 0 saturated heterocycles. The molecule has 286 valence electrons. The van der Waals surface area contributed by atoms with Crippen molar-refractivity contribution in [1.29, 1.82) is 0 Å². The first kappa shape index (κ1) is 35.9. The van der Waals surface area contributed by atoms with Gasteiger partial charge in [0.15, 0.2) is 0 Å². The van der Waals surface area contributed by atoms with Crippen molar-refractivity contribution in [2.45, 2.75) is 32.6 Å². The molecule has 0 saturated carbocycles. The molecule has 0 bridgehead atoms. The van der Waals surface area contributed by atoms with E-state index in [0.29, 0.717) is 0 Å². The van der Waals surface area contributed by atoms with Crippen molar-refractivity contribution in [3.63, 3.8) is 0 Å². The molecule has 1 nitrogen and oxygen atoms in total. The molecular formula is C59H45N. The molecule has 2 aliphatic carbocycles. The molecule has 0 N–H and O–H groups in total. The summed E-state index contributed by atoms with van der Waals surface area (Å²) < 4.78 is 0. The highest BCUT2D eigenvalue weighted by molar-refractivity contribution is 6.23. The van der Waals surface area contributed by atoms with Crippen molar-refractivity contribution in [2.24, 2.45) is 0 Å². The summed E-state index contributed by atoms with van der Waals surface area (Å²) in [5.74, 6) is 0.